The minimum atomic E-state index is -0.775. The zero-order valence-corrected chi connectivity index (χ0v) is 11.9. The zero-order valence-electron chi connectivity index (χ0n) is 11.1. The number of carbonyl (C=O) groups excluding carboxylic acids is 1. The standard InChI is InChI=1S/C13H15NO5.ClH/c1-8-11(19-13(16)18-8)7-17-12(15)10-4-2-3-9-5-6-14(9)10;/h4,9H,2-3,5-7H2,1H3;1H. The molecule has 1 aromatic heterocycles. The van der Waals surface area contributed by atoms with Crippen LogP contribution in [0.3, 0.4) is 0 Å². The van der Waals surface area contributed by atoms with Gasteiger partial charge in [0.1, 0.15) is 5.70 Å². The predicted octanol–water partition coefficient (Wildman–Crippen LogP) is 1.76. The SMILES string of the molecule is Cc1oc(=O)oc1COC(=O)C1=CCCC2CCN12.Cl. The first kappa shape index (κ1) is 14.7. The number of allylic oxidation sites excluding steroid dienone is 1. The Hall–Kier alpha value is -1.69. The Bertz CT molecular complexity index is 588. The second-order valence-corrected chi connectivity index (χ2v) is 4.81. The monoisotopic (exact) mass is 301 g/mol. The zero-order chi connectivity index (χ0) is 13.4. The molecule has 1 fully saturated rings. The maximum atomic E-state index is 12.0. The molecule has 110 valence electrons. The normalized spacial score (nSPS) is 20.4. The molecule has 2 aliphatic heterocycles. The van der Waals surface area contributed by atoms with Crippen molar-refractivity contribution in [1.82, 2.24) is 4.90 Å². The van der Waals surface area contributed by atoms with E-state index in [1.165, 1.54) is 0 Å². The number of esters is 1. The molecule has 0 aliphatic carbocycles. The lowest BCUT2D eigenvalue weighted by molar-refractivity contribution is -0.144. The molecule has 1 aromatic rings. The van der Waals surface area contributed by atoms with Gasteiger partial charge in [0.2, 0.25) is 0 Å². The molecule has 0 aromatic carbocycles. The Morgan fingerprint density at radius 1 is 1.45 bits per heavy atom. The fourth-order valence-electron chi connectivity index (χ4n) is 2.50. The van der Waals surface area contributed by atoms with Crippen LogP contribution in [0.5, 0.6) is 0 Å². The van der Waals surface area contributed by atoms with Gasteiger partial charge in [-0.25, -0.2) is 9.59 Å². The maximum absolute atomic E-state index is 12.0. The van der Waals surface area contributed by atoms with E-state index in [1.54, 1.807) is 6.92 Å². The molecule has 20 heavy (non-hydrogen) atoms. The Morgan fingerprint density at radius 3 is 2.85 bits per heavy atom. The number of hydrogen-bond acceptors (Lipinski definition) is 6. The number of halogens is 1. The average Bonchev–Trinajstić information content (AvgIpc) is 2.66. The van der Waals surface area contributed by atoms with Crippen LogP contribution in [0.25, 0.3) is 0 Å². The second-order valence-electron chi connectivity index (χ2n) is 4.81. The molecule has 0 amide bonds. The molecular formula is C13H16ClNO5. The summed E-state index contributed by atoms with van der Waals surface area (Å²) in [5.74, 6) is -0.539. The van der Waals surface area contributed by atoms with Crippen LogP contribution in [-0.4, -0.2) is 23.5 Å². The van der Waals surface area contributed by atoms with E-state index >= 15 is 0 Å². The van der Waals surface area contributed by atoms with Crippen molar-refractivity contribution in [3.8, 4) is 0 Å². The molecule has 1 unspecified atom stereocenters. The Labute approximate surface area is 121 Å². The summed E-state index contributed by atoms with van der Waals surface area (Å²) in [6, 6.07) is 0.487. The number of aryl methyl sites for hydroxylation is 1. The summed E-state index contributed by atoms with van der Waals surface area (Å²) in [5, 5.41) is 0. The minimum absolute atomic E-state index is 0. The van der Waals surface area contributed by atoms with Crippen LogP contribution < -0.4 is 5.82 Å². The molecule has 2 aliphatic rings. The van der Waals surface area contributed by atoms with Crippen LogP contribution in [0.15, 0.2) is 25.4 Å². The molecule has 6 nitrogen and oxygen atoms in total. The molecule has 0 saturated carbocycles. The van der Waals surface area contributed by atoms with E-state index in [9.17, 15) is 9.59 Å². The summed E-state index contributed by atoms with van der Waals surface area (Å²) in [6.45, 7) is 2.43. The number of carbonyl (C=O) groups is 1. The highest BCUT2D eigenvalue weighted by Crippen LogP contribution is 2.31. The van der Waals surface area contributed by atoms with Gasteiger partial charge in [-0.1, -0.05) is 6.08 Å². The molecule has 3 heterocycles. The number of fused-ring (bicyclic) bond motifs is 1. The smallest absolute Gasteiger partial charge is 0.453 e. The van der Waals surface area contributed by atoms with Crippen molar-refractivity contribution in [2.45, 2.75) is 38.8 Å². The third-order valence-corrected chi connectivity index (χ3v) is 3.67. The second kappa shape index (κ2) is 5.75. The first-order chi connectivity index (χ1) is 9.15. The van der Waals surface area contributed by atoms with Gasteiger partial charge in [0.15, 0.2) is 18.1 Å². The maximum Gasteiger partial charge on any atom is 0.519 e. The van der Waals surface area contributed by atoms with Crippen molar-refractivity contribution in [3.63, 3.8) is 0 Å². The average molecular weight is 302 g/mol. The highest BCUT2D eigenvalue weighted by atomic mass is 35.5. The minimum Gasteiger partial charge on any atom is -0.453 e. The lowest BCUT2D eigenvalue weighted by atomic mass is 9.92. The van der Waals surface area contributed by atoms with Crippen LogP contribution in [0.2, 0.25) is 0 Å². The third kappa shape index (κ3) is 2.60. The first-order valence-corrected chi connectivity index (χ1v) is 6.38. The molecule has 1 atom stereocenters. The lowest BCUT2D eigenvalue weighted by Gasteiger charge is -2.45. The van der Waals surface area contributed by atoms with Crippen molar-refractivity contribution in [2.24, 2.45) is 0 Å². The molecular weight excluding hydrogens is 286 g/mol. The fourth-order valence-corrected chi connectivity index (χ4v) is 2.50. The molecule has 3 rings (SSSR count). The van der Waals surface area contributed by atoms with Crippen molar-refractivity contribution < 1.29 is 18.4 Å². The van der Waals surface area contributed by atoms with Crippen molar-refractivity contribution in [3.05, 3.63) is 33.9 Å². The van der Waals surface area contributed by atoms with E-state index in [1.807, 2.05) is 6.08 Å². The van der Waals surface area contributed by atoms with Crippen LogP contribution in [0, 0.1) is 6.92 Å². The van der Waals surface area contributed by atoms with Gasteiger partial charge in [0.25, 0.3) is 0 Å². The summed E-state index contributed by atoms with van der Waals surface area (Å²) in [5.41, 5.74) is 0.631. The van der Waals surface area contributed by atoms with Crippen LogP contribution >= 0.6 is 12.4 Å². The Balaban J connectivity index is 0.00000147. The van der Waals surface area contributed by atoms with Crippen LogP contribution in [0.4, 0.5) is 0 Å². The summed E-state index contributed by atoms with van der Waals surface area (Å²) in [7, 11) is 0. The van der Waals surface area contributed by atoms with Gasteiger partial charge in [0, 0.05) is 12.6 Å². The van der Waals surface area contributed by atoms with Crippen molar-refractivity contribution in [1.29, 1.82) is 0 Å². The van der Waals surface area contributed by atoms with E-state index in [0.717, 1.165) is 25.8 Å². The number of ether oxygens (including phenoxy) is 1. The van der Waals surface area contributed by atoms with Crippen LogP contribution in [-0.2, 0) is 16.1 Å². The van der Waals surface area contributed by atoms with Crippen LogP contribution in [0.1, 0.15) is 30.8 Å². The lowest BCUT2D eigenvalue weighted by Crippen LogP contribution is -2.50. The molecule has 0 N–H and O–H groups in total. The van der Waals surface area contributed by atoms with Gasteiger partial charge < -0.3 is 18.5 Å². The van der Waals surface area contributed by atoms with Crippen molar-refractivity contribution in [2.75, 3.05) is 6.54 Å². The highest BCUT2D eigenvalue weighted by Gasteiger charge is 2.35. The van der Waals surface area contributed by atoms with Gasteiger partial charge in [-0.05, 0) is 26.2 Å². The highest BCUT2D eigenvalue weighted by molar-refractivity contribution is 5.88. The predicted molar refractivity (Wildman–Crippen MR) is 71.5 cm³/mol. The molecule has 0 spiro atoms. The number of rotatable bonds is 3. The van der Waals surface area contributed by atoms with Gasteiger partial charge >= 0.3 is 11.8 Å². The van der Waals surface area contributed by atoms with Gasteiger partial charge in [-0.3, -0.25) is 0 Å². The fraction of sp³-hybridized carbons (Fsp3) is 0.538. The number of nitrogens with zero attached hydrogens (tertiary/aromatic N) is 1. The Morgan fingerprint density at radius 2 is 2.25 bits per heavy atom. The van der Waals surface area contributed by atoms with E-state index in [0.29, 0.717) is 17.5 Å². The number of hydrogen-bond donors (Lipinski definition) is 0. The first-order valence-electron chi connectivity index (χ1n) is 6.38. The quantitative estimate of drug-likeness (QED) is 0.792. The van der Waals surface area contributed by atoms with E-state index in [4.69, 9.17) is 13.6 Å². The van der Waals surface area contributed by atoms with E-state index in [2.05, 4.69) is 4.90 Å². The topological polar surface area (TPSA) is 72.9 Å². The summed E-state index contributed by atoms with van der Waals surface area (Å²) >= 11 is 0. The van der Waals surface area contributed by atoms with Gasteiger partial charge in [0.05, 0.1) is 0 Å². The summed E-state index contributed by atoms with van der Waals surface area (Å²) in [6.07, 6.45) is 5.06. The van der Waals surface area contributed by atoms with Gasteiger partial charge in [-0.2, -0.15) is 0 Å². The van der Waals surface area contributed by atoms with E-state index < -0.39 is 5.82 Å². The largest absolute Gasteiger partial charge is 0.519 e. The molecule has 0 radical (unpaired) electrons. The molecule has 1 saturated heterocycles. The van der Waals surface area contributed by atoms with Gasteiger partial charge in [-0.15, -0.1) is 12.4 Å². The molecule has 7 heteroatoms. The Kier molecular flexibility index (Phi) is 4.23. The summed E-state index contributed by atoms with van der Waals surface area (Å²) < 4.78 is 14.7. The molecule has 0 bridgehead atoms. The van der Waals surface area contributed by atoms with E-state index in [-0.39, 0.29) is 30.7 Å². The van der Waals surface area contributed by atoms with Crippen molar-refractivity contribution >= 4 is 18.4 Å². The third-order valence-electron chi connectivity index (χ3n) is 3.67. The summed E-state index contributed by atoms with van der Waals surface area (Å²) in [4.78, 5) is 24.9.